The molecule has 7 nitrogen and oxygen atoms in total. The van der Waals surface area contributed by atoms with E-state index in [0.717, 1.165) is 49.4 Å². The molecule has 1 fully saturated rings. The first-order valence-corrected chi connectivity index (χ1v) is 9.78. The first-order chi connectivity index (χ1) is 13.1. The molecule has 28 heavy (non-hydrogen) atoms. The zero-order valence-electron chi connectivity index (χ0n) is 17.7. The normalized spacial score (nSPS) is 18.8. The largest absolute Gasteiger partial charge is 0.493 e. The van der Waals surface area contributed by atoms with Gasteiger partial charge >= 0.3 is 0 Å². The number of methoxy groups -OCH3 is 1. The third-order valence-electron chi connectivity index (χ3n) is 4.57. The zero-order valence-corrected chi connectivity index (χ0v) is 20.0. The van der Waals surface area contributed by atoms with Crippen molar-refractivity contribution in [1.82, 2.24) is 10.2 Å². The molecule has 0 radical (unpaired) electrons. The Kier molecular flexibility index (Phi) is 11.6. The highest BCUT2D eigenvalue weighted by Gasteiger charge is 2.23. The quantitative estimate of drug-likeness (QED) is 0.321. The van der Waals surface area contributed by atoms with Crippen LogP contribution in [0.3, 0.4) is 0 Å². The van der Waals surface area contributed by atoms with Crippen LogP contribution >= 0.6 is 24.0 Å². The van der Waals surface area contributed by atoms with Gasteiger partial charge in [-0.3, -0.25) is 9.89 Å². The second kappa shape index (κ2) is 13.1. The second-order valence-electron chi connectivity index (χ2n) is 6.65. The molecule has 160 valence electrons. The lowest BCUT2D eigenvalue weighted by molar-refractivity contribution is -0.0165. The molecule has 1 aliphatic heterocycles. The molecule has 1 aromatic carbocycles. The summed E-state index contributed by atoms with van der Waals surface area (Å²) in [6, 6.07) is 6.57. The predicted molar refractivity (Wildman–Crippen MR) is 126 cm³/mol. The molecule has 2 unspecified atom stereocenters. The zero-order chi connectivity index (χ0) is 19.6. The molecular weight excluding hydrogens is 471 g/mol. The molecular formula is C20H35IN4O3. The number of anilines is 1. The van der Waals surface area contributed by atoms with Crippen LogP contribution in [-0.4, -0.2) is 69.5 Å². The molecule has 2 rings (SSSR count). The minimum absolute atomic E-state index is 0. The predicted octanol–water partition coefficient (Wildman–Crippen LogP) is 3.20. The third-order valence-corrected chi connectivity index (χ3v) is 4.57. The van der Waals surface area contributed by atoms with Gasteiger partial charge in [0, 0.05) is 36.9 Å². The number of morpholine rings is 1. The van der Waals surface area contributed by atoms with Gasteiger partial charge in [0.1, 0.15) is 0 Å². The number of benzene rings is 1. The molecule has 2 atom stereocenters. The highest BCUT2D eigenvalue weighted by molar-refractivity contribution is 14.0. The number of hydrogen-bond acceptors (Lipinski definition) is 5. The third kappa shape index (κ3) is 7.29. The maximum atomic E-state index is 5.66. The lowest BCUT2D eigenvalue weighted by Crippen LogP contribution is -2.49. The van der Waals surface area contributed by atoms with E-state index in [0.29, 0.717) is 25.2 Å². The fraction of sp³-hybridized carbons (Fsp3) is 0.650. The van der Waals surface area contributed by atoms with Crippen molar-refractivity contribution in [3.63, 3.8) is 0 Å². The second-order valence-corrected chi connectivity index (χ2v) is 6.65. The molecule has 0 spiro atoms. The van der Waals surface area contributed by atoms with Gasteiger partial charge < -0.3 is 24.8 Å². The minimum Gasteiger partial charge on any atom is -0.493 e. The van der Waals surface area contributed by atoms with Crippen LogP contribution in [0.15, 0.2) is 23.2 Å². The number of nitrogens with one attached hydrogen (secondary N) is 2. The number of halogens is 1. The van der Waals surface area contributed by atoms with Crippen LogP contribution in [0, 0.1) is 0 Å². The van der Waals surface area contributed by atoms with Gasteiger partial charge in [-0.15, -0.1) is 24.0 Å². The lowest BCUT2D eigenvalue weighted by Gasteiger charge is -2.37. The number of nitrogens with zero attached hydrogens (tertiary/aromatic N) is 2. The van der Waals surface area contributed by atoms with E-state index in [-0.39, 0.29) is 24.0 Å². The van der Waals surface area contributed by atoms with E-state index in [1.807, 2.05) is 25.1 Å². The summed E-state index contributed by atoms with van der Waals surface area (Å²) in [5, 5.41) is 6.66. The van der Waals surface area contributed by atoms with Gasteiger partial charge in [-0.05, 0) is 39.8 Å². The molecule has 8 heteroatoms. The number of rotatable bonds is 8. The monoisotopic (exact) mass is 506 g/mol. The summed E-state index contributed by atoms with van der Waals surface area (Å²) in [5.74, 6) is 2.20. The molecule has 0 amide bonds. The maximum Gasteiger partial charge on any atom is 0.195 e. The van der Waals surface area contributed by atoms with Gasteiger partial charge in [-0.25, -0.2) is 0 Å². The van der Waals surface area contributed by atoms with Gasteiger partial charge in [0.15, 0.2) is 17.5 Å². The smallest absolute Gasteiger partial charge is 0.195 e. The summed E-state index contributed by atoms with van der Waals surface area (Å²) >= 11 is 0. The molecule has 0 saturated carbocycles. The van der Waals surface area contributed by atoms with Crippen molar-refractivity contribution in [3.05, 3.63) is 18.2 Å². The van der Waals surface area contributed by atoms with Crippen LogP contribution in [0.2, 0.25) is 0 Å². The molecule has 1 aromatic rings. The van der Waals surface area contributed by atoms with Crippen molar-refractivity contribution in [1.29, 1.82) is 0 Å². The fourth-order valence-corrected chi connectivity index (χ4v) is 3.19. The molecule has 1 heterocycles. The Morgan fingerprint density at radius 3 is 2.79 bits per heavy atom. The Balaban J connectivity index is 0.00000392. The fourth-order valence-electron chi connectivity index (χ4n) is 3.19. The number of aliphatic imine (C=N–C) groups is 1. The van der Waals surface area contributed by atoms with E-state index in [1.54, 1.807) is 7.11 Å². The van der Waals surface area contributed by atoms with Gasteiger partial charge in [0.05, 0.1) is 33.5 Å². The molecule has 1 aliphatic rings. The molecule has 0 aliphatic carbocycles. The van der Waals surface area contributed by atoms with Crippen molar-refractivity contribution in [2.45, 2.75) is 39.8 Å². The summed E-state index contributed by atoms with van der Waals surface area (Å²) in [5.41, 5.74) is 0.909. The van der Waals surface area contributed by atoms with Crippen LogP contribution in [-0.2, 0) is 4.74 Å². The average molecular weight is 506 g/mol. The van der Waals surface area contributed by atoms with Crippen molar-refractivity contribution in [2.75, 3.05) is 51.9 Å². The number of hydrogen-bond donors (Lipinski definition) is 2. The van der Waals surface area contributed by atoms with E-state index in [2.05, 4.69) is 36.3 Å². The van der Waals surface area contributed by atoms with E-state index in [9.17, 15) is 0 Å². The summed E-state index contributed by atoms with van der Waals surface area (Å²) in [7, 11) is 1.64. The summed E-state index contributed by atoms with van der Waals surface area (Å²) in [6.07, 6.45) is 0. The SMILES string of the molecule is CCNC(=NCC(C)N1CCOCC1C)Nc1ccc(OC)c(OCC)c1.I. The summed E-state index contributed by atoms with van der Waals surface area (Å²) in [4.78, 5) is 7.23. The number of ether oxygens (including phenoxy) is 3. The minimum atomic E-state index is 0. The highest BCUT2D eigenvalue weighted by atomic mass is 127. The molecule has 0 aromatic heterocycles. The van der Waals surface area contributed by atoms with Gasteiger partial charge in [0.25, 0.3) is 0 Å². The topological polar surface area (TPSA) is 67.4 Å². The van der Waals surface area contributed by atoms with E-state index in [1.165, 1.54) is 0 Å². The van der Waals surface area contributed by atoms with Crippen molar-refractivity contribution >= 4 is 35.6 Å². The summed E-state index contributed by atoms with van der Waals surface area (Å²) < 4.78 is 16.5. The van der Waals surface area contributed by atoms with Crippen LogP contribution in [0.5, 0.6) is 11.5 Å². The Bertz CT molecular complexity index is 615. The maximum absolute atomic E-state index is 5.66. The van der Waals surface area contributed by atoms with Gasteiger partial charge in [0.2, 0.25) is 0 Å². The van der Waals surface area contributed by atoms with Crippen LogP contribution in [0.1, 0.15) is 27.7 Å². The average Bonchev–Trinajstić information content (AvgIpc) is 2.67. The van der Waals surface area contributed by atoms with Crippen molar-refractivity contribution in [3.8, 4) is 11.5 Å². The molecule has 0 bridgehead atoms. The Morgan fingerprint density at radius 1 is 1.36 bits per heavy atom. The van der Waals surface area contributed by atoms with Crippen LogP contribution in [0.25, 0.3) is 0 Å². The molecule has 2 N–H and O–H groups in total. The van der Waals surface area contributed by atoms with E-state index in [4.69, 9.17) is 19.2 Å². The molecule has 1 saturated heterocycles. The van der Waals surface area contributed by atoms with Crippen molar-refractivity contribution in [2.24, 2.45) is 4.99 Å². The highest BCUT2D eigenvalue weighted by Crippen LogP contribution is 2.30. The first-order valence-electron chi connectivity index (χ1n) is 9.78. The first kappa shape index (κ1) is 24.8. The summed E-state index contributed by atoms with van der Waals surface area (Å²) in [6.45, 7) is 13.1. The van der Waals surface area contributed by atoms with E-state index >= 15 is 0 Å². The van der Waals surface area contributed by atoms with Crippen LogP contribution in [0.4, 0.5) is 5.69 Å². The Morgan fingerprint density at radius 2 is 2.14 bits per heavy atom. The van der Waals surface area contributed by atoms with E-state index < -0.39 is 0 Å². The Hall–Kier alpha value is -1.26. The van der Waals surface area contributed by atoms with Gasteiger partial charge in [-0.2, -0.15) is 0 Å². The Labute approximate surface area is 186 Å². The standard InChI is InChI=1S/C20H34N4O3.HI/c1-6-21-20(22-13-15(3)24-10-11-26-14-16(24)4)23-17-8-9-18(25-5)19(12-17)27-7-2;/h8-9,12,15-16H,6-7,10-11,13-14H2,1-5H3,(H2,21,22,23);1H. The van der Waals surface area contributed by atoms with Crippen molar-refractivity contribution < 1.29 is 14.2 Å². The lowest BCUT2D eigenvalue weighted by atomic mass is 10.2. The van der Waals surface area contributed by atoms with Gasteiger partial charge in [-0.1, -0.05) is 0 Å². The van der Waals surface area contributed by atoms with Crippen LogP contribution < -0.4 is 20.1 Å². The number of guanidine groups is 1.